The Morgan fingerprint density at radius 3 is 2.26 bits per heavy atom. The van der Waals surface area contributed by atoms with Crippen LogP contribution in [0, 0.1) is 0 Å². The van der Waals surface area contributed by atoms with Crippen LogP contribution in [0.3, 0.4) is 0 Å². The van der Waals surface area contributed by atoms with Crippen molar-refractivity contribution in [1.29, 1.82) is 0 Å². The van der Waals surface area contributed by atoms with Crippen LogP contribution in [0.2, 0.25) is 0 Å². The lowest BCUT2D eigenvalue weighted by Gasteiger charge is -2.32. The van der Waals surface area contributed by atoms with Crippen LogP contribution < -0.4 is 24.3 Å². The number of hydrogen-bond donors (Lipinski definition) is 1. The van der Waals surface area contributed by atoms with E-state index in [2.05, 4.69) is 34.5 Å². The van der Waals surface area contributed by atoms with E-state index >= 15 is 0 Å². The molecule has 34 heavy (non-hydrogen) atoms. The molecule has 1 heterocycles. The standard InChI is InChI=1S/C28H34N2O4/c1-31-24-12-7-11-22(17-24)27(30-15-8-13-29-14-16-30)23-18-25(32-2)28(26(19-23)33-3)34-20-21-9-5-4-6-10-21/h4-7,9-12,17-19,27,29H,8,13-16,20H2,1-3H3. The summed E-state index contributed by atoms with van der Waals surface area (Å²) < 4.78 is 23.3. The third kappa shape index (κ3) is 5.64. The van der Waals surface area contributed by atoms with Gasteiger partial charge in [-0.05, 0) is 53.9 Å². The summed E-state index contributed by atoms with van der Waals surface area (Å²) in [7, 11) is 5.05. The van der Waals surface area contributed by atoms with Crippen LogP contribution in [0.5, 0.6) is 23.0 Å². The Labute approximate surface area is 202 Å². The van der Waals surface area contributed by atoms with Gasteiger partial charge in [0.25, 0.3) is 0 Å². The van der Waals surface area contributed by atoms with E-state index in [-0.39, 0.29) is 6.04 Å². The van der Waals surface area contributed by atoms with Crippen molar-refractivity contribution in [3.63, 3.8) is 0 Å². The lowest BCUT2D eigenvalue weighted by Crippen LogP contribution is -2.33. The minimum absolute atomic E-state index is 0.0287. The SMILES string of the molecule is COc1cccc(C(c2cc(OC)c(OCc3ccccc3)c(OC)c2)N2CCCNCC2)c1. The summed E-state index contributed by atoms with van der Waals surface area (Å²) in [5.74, 6) is 2.77. The van der Waals surface area contributed by atoms with Crippen molar-refractivity contribution in [3.05, 3.63) is 83.4 Å². The minimum Gasteiger partial charge on any atom is -0.497 e. The molecule has 0 spiro atoms. The maximum atomic E-state index is 6.18. The Hall–Kier alpha value is -3.22. The maximum Gasteiger partial charge on any atom is 0.203 e. The summed E-state index contributed by atoms with van der Waals surface area (Å²) in [5, 5.41) is 3.51. The number of benzene rings is 3. The summed E-state index contributed by atoms with van der Waals surface area (Å²) in [6, 6.07) is 22.6. The number of rotatable bonds is 9. The fourth-order valence-corrected chi connectivity index (χ4v) is 4.48. The minimum atomic E-state index is 0.0287. The summed E-state index contributed by atoms with van der Waals surface area (Å²) in [6.07, 6.45) is 1.09. The molecule has 0 amide bonds. The molecule has 0 saturated carbocycles. The fourth-order valence-electron chi connectivity index (χ4n) is 4.48. The van der Waals surface area contributed by atoms with Crippen molar-refractivity contribution in [1.82, 2.24) is 10.2 Å². The van der Waals surface area contributed by atoms with Gasteiger partial charge in [-0.3, -0.25) is 4.90 Å². The van der Waals surface area contributed by atoms with Gasteiger partial charge in [-0.1, -0.05) is 42.5 Å². The molecule has 0 aliphatic carbocycles. The number of hydrogen-bond acceptors (Lipinski definition) is 6. The van der Waals surface area contributed by atoms with Gasteiger partial charge >= 0.3 is 0 Å². The average Bonchev–Trinajstić information content (AvgIpc) is 3.17. The number of nitrogens with one attached hydrogen (secondary N) is 1. The van der Waals surface area contributed by atoms with E-state index in [0.717, 1.165) is 49.5 Å². The van der Waals surface area contributed by atoms with Gasteiger partial charge in [0, 0.05) is 19.6 Å². The van der Waals surface area contributed by atoms with Gasteiger partial charge in [0.2, 0.25) is 5.75 Å². The molecular formula is C28H34N2O4. The zero-order valence-electron chi connectivity index (χ0n) is 20.3. The zero-order chi connectivity index (χ0) is 23.8. The van der Waals surface area contributed by atoms with E-state index in [1.54, 1.807) is 21.3 Å². The van der Waals surface area contributed by atoms with Crippen molar-refractivity contribution < 1.29 is 18.9 Å². The molecule has 4 rings (SSSR count). The Bertz CT molecular complexity index is 1020. The van der Waals surface area contributed by atoms with E-state index in [9.17, 15) is 0 Å². The molecule has 180 valence electrons. The first-order chi connectivity index (χ1) is 16.7. The molecule has 1 saturated heterocycles. The molecule has 1 aliphatic rings. The molecule has 0 radical (unpaired) electrons. The second kappa shape index (κ2) is 11.8. The van der Waals surface area contributed by atoms with Crippen LogP contribution in [0.1, 0.15) is 29.2 Å². The lowest BCUT2D eigenvalue weighted by molar-refractivity contribution is 0.237. The molecule has 1 N–H and O–H groups in total. The molecule has 1 fully saturated rings. The van der Waals surface area contributed by atoms with Crippen molar-refractivity contribution in [3.8, 4) is 23.0 Å². The molecule has 3 aromatic rings. The quantitative estimate of drug-likeness (QED) is 0.499. The highest BCUT2D eigenvalue weighted by Crippen LogP contribution is 2.43. The second-order valence-electron chi connectivity index (χ2n) is 8.35. The third-order valence-corrected chi connectivity index (χ3v) is 6.17. The molecule has 1 unspecified atom stereocenters. The molecular weight excluding hydrogens is 428 g/mol. The topological polar surface area (TPSA) is 52.2 Å². The Kier molecular flexibility index (Phi) is 8.28. The van der Waals surface area contributed by atoms with Crippen LogP contribution >= 0.6 is 0 Å². The normalized spacial score (nSPS) is 15.3. The van der Waals surface area contributed by atoms with Crippen molar-refractivity contribution in [2.75, 3.05) is 47.5 Å². The monoisotopic (exact) mass is 462 g/mol. The largest absolute Gasteiger partial charge is 0.497 e. The van der Waals surface area contributed by atoms with Crippen molar-refractivity contribution >= 4 is 0 Å². The van der Waals surface area contributed by atoms with Gasteiger partial charge in [0.1, 0.15) is 12.4 Å². The molecule has 1 atom stereocenters. The highest BCUT2D eigenvalue weighted by atomic mass is 16.5. The summed E-state index contributed by atoms with van der Waals surface area (Å²) in [5.41, 5.74) is 3.35. The Morgan fingerprint density at radius 2 is 1.56 bits per heavy atom. The highest BCUT2D eigenvalue weighted by molar-refractivity contribution is 5.56. The van der Waals surface area contributed by atoms with E-state index in [1.807, 2.05) is 42.5 Å². The van der Waals surface area contributed by atoms with Crippen molar-refractivity contribution in [2.24, 2.45) is 0 Å². The van der Waals surface area contributed by atoms with Gasteiger partial charge in [0.05, 0.1) is 27.4 Å². The first-order valence-electron chi connectivity index (χ1n) is 11.7. The van der Waals surface area contributed by atoms with Crippen LogP contribution in [0.4, 0.5) is 0 Å². The smallest absolute Gasteiger partial charge is 0.203 e. The van der Waals surface area contributed by atoms with E-state index < -0.39 is 0 Å². The summed E-state index contributed by atoms with van der Waals surface area (Å²) in [6.45, 7) is 4.35. The zero-order valence-corrected chi connectivity index (χ0v) is 20.3. The van der Waals surface area contributed by atoms with Gasteiger partial charge in [-0.25, -0.2) is 0 Å². The van der Waals surface area contributed by atoms with Gasteiger partial charge in [-0.15, -0.1) is 0 Å². The third-order valence-electron chi connectivity index (χ3n) is 6.17. The molecule has 1 aliphatic heterocycles. The number of ether oxygens (including phenoxy) is 4. The van der Waals surface area contributed by atoms with Crippen LogP contribution in [0.25, 0.3) is 0 Å². The van der Waals surface area contributed by atoms with Crippen LogP contribution in [0.15, 0.2) is 66.7 Å². The van der Waals surface area contributed by atoms with Gasteiger partial charge in [0.15, 0.2) is 11.5 Å². The predicted octanol–water partition coefficient (Wildman–Crippen LogP) is 4.68. The van der Waals surface area contributed by atoms with E-state index in [4.69, 9.17) is 18.9 Å². The van der Waals surface area contributed by atoms with Gasteiger partial charge in [-0.2, -0.15) is 0 Å². The first-order valence-corrected chi connectivity index (χ1v) is 11.7. The molecule has 0 aromatic heterocycles. The summed E-state index contributed by atoms with van der Waals surface area (Å²) >= 11 is 0. The molecule has 6 nitrogen and oxygen atoms in total. The second-order valence-corrected chi connectivity index (χ2v) is 8.35. The molecule has 0 bridgehead atoms. The van der Waals surface area contributed by atoms with Crippen LogP contribution in [-0.2, 0) is 6.61 Å². The Morgan fingerprint density at radius 1 is 0.794 bits per heavy atom. The first kappa shape index (κ1) is 23.9. The lowest BCUT2D eigenvalue weighted by atomic mass is 9.95. The molecule has 6 heteroatoms. The van der Waals surface area contributed by atoms with E-state index in [0.29, 0.717) is 23.9 Å². The van der Waals surface area contributed by atoms with Gasteiger partial charge < -0.3 is 24.3 Å². The predicted molar refractivity (Wildman–Crippen MR) is 134 cm³/mol. The summed E-state index contributed by atoms with van der Waals surface area (Å²) in [4.78, 5) is 2.51. The highest BCUT2D eigenvalue weighted by Gasteiger charge is 2.27. The maximum absolute atomic E-state index is 6.18. The van der Waals surface area contributed by atoms with E-state index in [1.165, 1.54) is 5.56 Å². The molecule has 3 aromatic carbocycles. The van der Waals surface area contributed by atoms with Crippen LogP contribution in [-0.4, -0.2) is 52.4 Å². The fraction of sp³-hybridized carbons (Fsp3) is 0.357. The number of nitrogens with zero attached hydrogens (tertiary/aromatic N) is 1. The number of methoxy groups -OCH3 is 3. The Balaban J connectivity index is 1.74. The average molecular weight is 463 g/mol. The van der Waals surface area contributed by atoms with Crippen molar-refractivity contribution in [2.45, 2.75) is 19.1 Å².